The first-order valence-corrected chi connectivity index (χ1v) is 8.18. The van der Waals surface area contributed by atoms with Crippen LogP contribution in [0.3, 0.4) is 0 Å². The van der Waals surface area contributed by atoms with Gasteiger partial charge in [-0.2, -0.15) is 0 Å². The molecule has 0 spiro atoms. The summed E-state index contributed by atoms with van der Waals surface area (Å²) in [6.45, 7) is 6.94. The van der Waals surface area contributed by atoms with Gasteiger partial charge in [0.2, 0.25) is 0 Å². The fourth-order valence-corrected chi connectivity index (χ4v) is 2.52. The van der Waals surface area contributed by atoms with Gasteiger partial charge in [-0.05, 0) is 25.8 Å². The zero-order valence-electron chi connectivity index (χ0n) is 13.2. The Morgan fingerprint density at radius 2 is 2.23 bits per heavy atom. The lowest BCUT2D eigenvalue weighted by Gasteiger charge is -2.29. The maximum Gasteiger partial charge on any atom is 0.191 e. The molecule has 0 atom stereocenters. The zero-order chi connectivity index (χ0) is 15.2. The van der Waals surface area contributed by atoms with Crippen molar-refractivity contribution in [1.29, 1.82) is 0 Å². The molecule has 0 aromatic carbocycles. The summed E-state index contributed by atoms with van der Waals surface area (Å²) in [5.74, 6) is 1.94. The van der Waals surface area contributed by atoms with Crippen LogP contribution < -0.4 is 15.5 Å². The Morgan fingerprint density at radius 1 is 1.41 bits per heavy atom. The molecule has 0 amide bonds. The molecule has 2 heterocycles. The second-order valence-electron chi connectivity index (χ2n) is 5.70. The van der Waals surface area contributed by atoms with E-state index < -0.39 is 0 Å². The molecule has 1 aliphatic heterocycles. The summed E-state index contributed by atoms with van der Waals surface area (Å²) in [6.07, 6.45) is 4.35. The van der Waals surface area contributed by atoms with Crippen LogP contribution in [0.1, 0.15) is 25.3 Å². The number of pyridine rings is 1. The van der Waals surface area contributed by atoms with E-state index in [4.69, 9.17) is 9.73 Å². The maximum atomic E-state index is 5.42. The van der Waals surface area contributed by atoms with E-state index in [0.717, 1.165) is 50.2 Å². The molecular weight excluding hydrogens is 278 g/mol. The Labute approximate surface area is 132 Å². The largest absolute Gasteiger partial charge is 0.378 e. The lowest BCUT2D eigenvalue weighted by molar-refractivity contribution is 0.122. The number of hydrogen-bond donors (Lipinski definition) is 2. The van der Waals surface area contributed by atoms with Crippen LogP contribution in [0.15, 0.2) is 23.3 Å². The van der Waals surface area contributed by atoms with Crippen molar-refractivity contribution >= 4 is 11.8 Å². The Bertz CT molecular complexity index is 509. The van der Waals surface area contributed by atoms with Gasteiger partial charge < -0.3 is 20.3 Å². The van der Waals surface area contributed by atoms with Gasteiger partial charge in [0.05, 0.1) is 19.8 Å². The van der Waals surface area contributed by atoms with Gasteiger partial charge in [0.25, 0.3) is 0 Å². The fourth-order valence-electron chi connectivity index (χ4n) is 2.52. The molecule has 1 aromatic heterocycles. The topological polar surface area (TPSA) is 61.8 Å². The smallest absolute Gasteiger partial charge is 0.191 e. The normalized spacial score (nSPS) is 19.1. The minimum atomic E-state index is 0.602. The van der Waals surface area contributed by atoms with E-state index in [2.05, 4.69) is 33.5 Å². The Balaban J connectivity index is 1.70. The van der Waals surface area contributed by atoms with Crippen LogP contribution in [0, 0.1) is 0 Å². The van der Waals surface area contributed by atoms with Crippen LogP contribution >= 0.6 is 0 Å². The predicted molar refractivity (Wildman–Crippen MR) is 88.2 cm³/mol. The van der Waals surface area contributed by atoms with Crippen molar-refractivity contribution in [2.24, 2.45) is 4.99 Å². The quantitative estimate of drug-likeness (QED) is 0.631. The molecule has 6 heteroatoms. The highest BCUT2D eigenvalue weighted by atomic mass is 16.5. The van der Waals surface area contributed by atoms with Crippen LogP contribution in [-0.2, 0) is 11.3 Å². The number of nitrogens with zero attached hydrogens (tertiary/aromatic N) is 3. The second-order valence-corrected chi connectivity index (χ2v) is 5.70. The van der Waals surface area contributed by atoms with Crippen molar-refractivity contribution < 1.29 is 4.74 Å². The fraction of sp³-hybridized carbons (Fsp3) is 0.625. The molecule has 0 bridgehead atoms. The Morgan fingerprint density at radius 3 is 2.95 bits per heavy atom. The maximum absolute atomic E-state index is 5.42. The zero-order valence-corrected chi connectivity index (χ0v) is 13.2. The van der Waals surface area contributed by atoms with E-state index in [0.29, 0.717) is 12.6 Å². The lowest BCUT2D eigenvalue weighted by atomic mass is 10.2. The molecule has 22 heavy (non-hydrogen) atoms. The number of morpholine rings is 1. The first-order valence-electron chi connectivity index (χ1n) is 8.18. The third-order valence-corrected chi connectivity index (χ3v) is 3.85. The Kier molecular flexibility index (Phi) is 5.11. The van der Waals surface area contributed by atoms with E-state index in [9.17, 15) is 0 Å². The SMILES string of the molecule is CCNC(=NCc1cccnc1N1CCOCC1)NC1CC1. The predicted octanol–water partition coefficient (Wildman–Crippen LogP) is 1.14. The molecule has 3 rings (SSSR count). The van der Waals surface area contributed by atoms with Gasteiger partial charge >= 0.3 is 0 Å². The summed E-state index contributed by atoms with van der Waals surface area (Å²) >= 11 is 0. The minimum Gasteiger partial charge on any atom is -0.378 e. The highest BCUT2D eigenvalue weighted by Crippen LogP contribution is 2.20. The van der Waals surface area contributed by atoms with Crippen LogP contribution in [0.2, 0.25) is 0 Å². The average Bonchev–Trinajstić information content (AvgIpc) is 3.38. The molecule has 1 saturated heterocycles. The lowest BCUT2D eigenvalue weighted by Crippen LogP contribution is -2.39. The summed E-state index contributed by atoms with van der Waals surface area (Å²) in [6, 6.07) is 4.70. The molecule has 2 aliphatic rings. The monoisotopic (exact) mass is 303 g/mol. The van der Waals surface area contributed by atoms with E-state index in [1.54, 1.807) is 0 Å². The van der Waals surface area contributed by atoms with Gasteiger partial charge in [-0.25, -0.2) is 9.98 Å². The molecule has 1 aromatic rings. The molecule has 0 radical (unpaired) electrons. The first-order chi connectivity index (χ1) is 10.9. The van der Waals surface area contributed by atoms with Crippen molar-refractivity contribution in [3.8, 4) is 0 Å². The number of guanidine groups is 1. The van der Waals surface area contributed by atoms with Gasteiger partial charge in [0, 0.05) is 37.4 Å². The highest BCUT2D eigenvalue weighted by Gasteiger charge is 2.22. The number of rotatable bonds is 5. The third kappa shape index (κ3) is 4.10. The second kappa shape index (κ2) is 7.45. The van der Waals surface area contributed by atoms with Gasteiger partial charge in [-0.1, -0.05) is 6.07 Å². The van der Waals surface area contributed by atoms with Gasteiger partial charge in [0.1, 0.15) is 5.82 Å². The molecule has 1 saturated carbocycles. The van der Waals surface area contributed by atoms with Crippen LogP contribution in [0.4, 0.5) is 5.82 Å². The number of nitrogens with one attached hydrogen (secondary N) is 2. The number of aliphatic imine (C=N–C) groups is 1. The van der Waals surface area contributed by atoms with Crippen molar-refractivity contribution in [2.75, 3.05) is 37.7 Å². The van der Waals surface area contributed by atoms with Crippen molar-refractivity contribution in [3.63, 3.8) is 0 Å². The first kappa shape index (κ1) is 15.1. The van der Waals surface area contributed by atoms with Crippen LogP contribution in [0.25, 0.3) is 0 Å². The third-order valence-electron chi connectivity index (χ3n) is 3.85. The molecule has 120 valence electrons. The minimum absolute atomic E-state index is 0.602. The molecular formula is C16H25N5O. The number of anilines is 1. The molecule has 2 fully saturated rings. The van der Waals surface area contributed by atoms with Gasteiger partial charge in [0.15, 0.2) is 5.96 Å². The molecule has 6 nitrogen and oxygen atoms in total. The number of aromatic nitrogens is 1. The summed E-state index contributed by atoms with van der Waals surface area (Å²) in [4.78, 5) is 11.6. The van der Waals surface area contributed by atoms with E-state index in [1.807, 2.05) is 12.3 Å². The number of ether oxygens (including phenoxy) is 1. The standard InChI is InChI=1S/C16H25N5O/c1-2-17-16(20-14-5-6-14)19-12-13-4-3-7-18-15(13)21-8-10-22-11-9-21/h3-4,7,14H,2,5-6,8-12H2,1H3,(H2,17,19,20). The van der Waals surface area contributed by atoms with Crippen molar-refractivity contribution in [2.45, 2.75) is 32.4 Å². The van der Waals surface area contributed by atoms with Crippen molar-refractivity contribution in [1.82, 2.24) is 15.6 Å². The molecule has 0 unspecified atom stereocenters. The van der Waals surface area contributed by atoms with E-state index in [1.165, 1.54) is 12.8 Å². The van der Waals surface area contributed by atoms with Gasteiger partial charge in [-0.3, -0.25) is 0 Å². The molecule has 1 aliphatic carbocycles. The summed E-state index contributed by atoms with van der Waals surface area (Å²) in [5, 5.41) is 6.75. The highest BCUT2D eigenvalue weighted by molar-refractivity contribution is 5.80. The van der Waals surface area contributed by atoms with E-state index in [-0.39, 0.29) is 0 Å². The van der Waals surface area contributed by atoms with E-state index >= 15 is 0 Å². The summed E-state index contributed by atoms with van der Waals surface area (Å²) in [7, 11) is 0. The number of hydrogen-bond acceptors (Lipinski definition) is 4. The van der Waals surface area contributed by atoms with Gasteiger partial charge in [-0.15, -0.1) is 0 Å². The van der Waals surface area contributed by atoms with Crippen molar-refractivity contribution in [3.05, 3.63) is 23.9 Å². The average molecular weight is 303 g/mol. The Hall–Kier alpha value is -1.82. The van der Waals surface area contributed by atoms with Crippen LogP contribution in [0.5, 0.6) is 0 Å². The molecule has 2 N–H and O–H groups in total. The van der Waals surface area contributed by atoms with Crippen LogP contribution in [-0.4, -0.2) is 49.8 Å². The summed E-state index contributed by atoms with van der Waals surface area (Å²) in [5.41, 5.74) is 1.16. The summed E-state index contributed by atoms with van der Waals surface area (Å²) < 4.78 is 5.42.